The number of rotatable bonds is 6. The summed E-state index contributed by atoms with van der Waals surface area (Å²) in [6.45, 7) is 2.44. The number of halogens is 1. The molecule has 1 N–H and O–H groups in total. The predicted octanol–water partition coefficient (Wildman–Crippen LogP) is 4.93. The molecule has 0 unspecified atom stereocenters. The van der Waals surface area contributed by atoms with Crippen molar-refractivity contribution in [2.75, 3.05) is 39.0 Å². The lowest BCUT2D eigenvalue weighted by atomic mass is 9.87. The number of hydrogen-bond donors (Lipinski definition) is 1. The zero-order valence-corrected chi connectivity index (χ0v) is 22.3. The van der Waals surface area contributed by atoms with Crippen molar-refractivity contribution >= 4 is 47.8 Å². The molecule has 1 aliphatic carbocycles. The van der Waals surface area contributed by atoms with Gasteiger partial charge in [-0.3, -0.25) is 0 Å². The third-order valence-corrected chi connectivity index (χ3v) is 11.8. The van der Waals surface area contributed by atoms with E-state index in [0.29, 0.717) is 11.4 Å². The Morgan fingerprint density at radius 3 is 2.47 bits per heavy atom. The quantitative estimate of drug-likeness (QED) is 0.354. The Labute approximate surface area is 208 Å². The van der Waals surface area contributed by atoms with E-state index >= 15 is 0 Å². The van der Waals surface area contributed by atoms with Crippen molar-refractivity contribution in [3.8, 4) is 0 Å². The van der Waals surface area contributed by atoms with Crippen LogP contribution in [0.15, 0.2) is 71.5 Å². The monoisotopic (exact) mass is 491 g/mol. The van der Waals surface area contributed by atoms with Crippen LogP contribution in [0, 0.1) is 0 Å². The summed E-state index contributed by atoms with van der Waals surface area (Å²) in [4.78, 5) is 14.3. The van der Waals surface area contributed by atoms with Crippen LogP contribution < -0.4 is 10.1 Å². The van der Waals surface area contributed by atoms with Crippen LogP contribution in [0.4, 0.5) is 5.69 Å². The number of fused-ring (bicyclic) bond motifs is 2. The molecule has 0 aromatic heterocycles. The van der Waals surface area contributed by atoms with Crippen LogP contribution in [0.5, 0.6) is 0 Å². The molecule has 34 heavy (non-hydrogen) atoms. The van der Waals surface area contributed by atoms with Gasteiger partial charge in [-0.2, -0.15) is 0 Å². The first-order valence-electron chi connectivity index (χ1n) is 11.6. The van der Waals surface area contributed by atoms with Crippen LogP contribution in [0.3, 0.4) is 0 Å². The summed E-state index contributed by atoms with van der Waals surface area (Å²) in [5, 5.41) is 12.7. The highest BCUT2D eigenvalue weighted by Crippen LogP contribution is 2.44. The number of anilines is 1. The van der Waals surface area contributed by atoms with E-state index in [1.165, 1.54) is 10.4 Å². The van der Waals surface area contributed by atoms with Gasteiger partial charge < -0.3 is 10.0 Å². The lowest BCUT2D eigenvalue weighted by Gasteiger charge is -2.40. The molecule has 4 nitrogen and oxygen atoms in total. The summed E-state index contributed by atoms with van der Waals surface area (Å²) in [6, 6.07) is 15.0. The fourth-order valence-electron chi connectivity index (χ4n) is 5.13. The van der Waals surface area contributed by atoms with E-state index in [0.717, 1.165) is 46.1 Å². The van der Waals surface area contributed by atoms with Crippen molar-refractivity contribution in [2.45, 2.75) is 19.0 Å². The number of hydrogen-bond acceptors (Lipinski definition) is 2. The minimum absolute atomic E-state index is 0.328. The molecule has 6 heteroatoms. The maximum Gasteiger partial charge on any atom is 0.336 e. The first kappa shape index (κ1) is 24.2. The van der Waals surface area contributed by atoms with Crippen LogP contribution in [0.25, 0.3) is 5.57 Å². The standard InChI is InChI=1S/C28H31ClN2O2Si/c1-30(2)19-11-13-23-25(17-19)34(5,16-8-15-29)26-18-20(31(3)4)12-14-24(26)27(23)21-9-6-7-10-22(21)28(32)33/h6-7,9-14,17-18H,8,15-16H2,1-5H3/p+1. The van der Waals surface area contributed by atoms with Gasteiger partial charge in [0.05, 0.1) is 5.56 Å². The molecule has 0 amide bonds. The third-order valence-electron chi connectivity index (χ3n) is 7.00. The Morgan fingerprint density at radius 1 is 1.09 bits per heavy atom. The molecule has 1 aliphatic heterocycles. The highest BCUT2D eigenvalue weighted by atomic mass is 35.5. The smallest absolute Gasteiger partial charge is 0.336 e. The van der Waals surface area contributed by atoms with Crippen LogP contribution in [0.1, 0.15) is 27.9 Å². The molecule has 1 atom stereocenters. The van der Waals surface area contributed by atoms with Gasteiger partial charge in [0.1, 0.15) is 22.2 Å². The normalized spacial score (nSPS) is 18.9. The molecule has 0 fully saturated rings. The Balaban J connectivity index is 2.14. The second-order valence-corrected chi connectivity index (χ2v) is 14.2. The molecule has 0 saturated carbocycles. The first-order valence-corrected chi connectivity index (χ1v) is 14.8. The minimum atomic E-state index is -2.18. The van der Waals surface area contributed by atoms with E-state index in [1.54, 1.807) is 12.1 Å². The van der Waals surface area contributed by atoms with E-state index in [9.17, 15) is 9.90 Å². The summed E-state index contributed by atoms with van der Waals surface area (Å²) < 4.78 is 2.13. The Morgan fingerprint density at radius 2 is 1.82 bits per heavy atom. The van der Waals surface area contributed by atoms with E-state index in [-0.39, 0.29) is 0 Å². The highest BCUT2D eigenvalue weighted by Gasteiger charge is 2.43. The van der Waals surface area contributed by atoms with Crippen molar-refractivity contribution in [2.24, 2.45) is 0 Å². The van der Waals surface area contributed by atoms with Gasteiger partial charge in [-0.1, -0.05) is 30.8 Å². The van der Waals surface area contributed by atoms with E-state index in [1.807, 2.05) is 12.1 Å². The number of carboxylic acids is 1. The van der Waals surface area contributed by atoms with Gasteiger partial charge in [-0.25, -0.2) is 9.37 Å². The van der Waals surface area contributed by atoms with E-state index < -0.39 is 14.0 Å². The summed E-state index contributed by atoms with van der Waals surface area (Å²) in [5.41, 5.74) is 6.70. The van der Waals surface area contributed by atoms with E-state index in [4.69, 9.17) is 11.6 Å². The molecule has 0 bridgehead atoms. The largest absolute Gasteiger partial charge is 0.478 e. The number of allylic oxidation sites excluding steroid dienone is 5. The van der Waals surface area contributed by atoms with Gasteiger partial charge in [-0.15, -0.1) is 11.6 Å². The van der Waals surface area contributed by atoms with Gasteiger partial charge in [-0.05, 0) is 69.4 Å². The first-order chi connectivity index (χ1) is 16.2. The fourth-order valence-corrected chi connectivity index (χ4v) is 9.74. The molecule has 2 aliphatic rings. The SMILES string of the molecule is CN(C)c1ccc2c(c1)[Si@@](C)(CCCCl)C1=CC(=[N+](C)C)C=CC1=C2c1ccccc1C(=O)O. The number of alkyl halides is 1. The Hall–Kier alpha value is -2.89. The molecule has 2 aromatic rings. The molecular formula is C28H32ClN2O2Si+. The number of nitrogens with zero attached hydrogens (tertiary/aromatic N) is 2. The number of benzene rings is 2. The molecule has 176 valence electrons. The van der Waals surface area contributed by atoms with E-state index in [2.05, 4.69) is 80.6 Å². The van der Waals surface area contributed by atoms with Gasteiger partial charge in [0, 0.05) is 37.8 Å². The topological polar surface area (TPSA) is 43.5 Å². The van der Waals surface area contributed by atoms with Crippen LogP contribution in [-0.2, 0) is 0 Å². The Kier molecular flexibility index (Phi) is 6.70. The average Bonchev–Trinajstić information content (AvgIpc) is 2.82. The molecule has 0 radical (unpaired) electrons. The van der Waals surface area contributed by atoms with Gasteiger partial charge in [0.2, 0.25) is 0 Å². The molecule has 1 heterocycles. The molecule has 4 rings (SSSR count). The molecule has 0 saturated heterocycles. The molecule has 2 aromatic carbocycles. The van der Waals surface area contributed by atoms with Crippen molar-refractivity contribution < 1.29 is 14.5 Å². The number of aromatic carboxylic acids is 1. The molecular weight excluding hydrogens is 460 g/mol. The van der Waals surface area contributed by atoms with Crippen LogP contribution >= 0.6 is 11.6 Å². The van der Waals surface area contributed by atoms with Crippen LogP contribution in [-0.4, -0.2) is 63.5 Å². The maximum absolute atomic E-state index is 12.2. The Bertz CT molecular complexity index is 1290. The van der Waals surface area contributed by atoms with Crippen molar-refractivity contribution in [1.82, 2.24) is 0 Å². The van der Waals surface area contributed by atoms with Gasteiger partial charge >= 0.3 is 5.97 Å². The van der Waals surface area contributed by atoms with Crippen molar-refractivity contribution in [3.63, 3.8) is 0 Å². The second-order valence-electron chi connectivity index (χ2n) is 9.60. The maximum atomic E-state index is 12.2. The van der Waals surface area contributed by atoms with Crippen molar-refractivity contribution in [1.29, 1.82) is 0 Å². The molecule has 0 spiro atoms. The summed E-state index contributed by atoms with van der Waals surface area (Å²) in [5.74, 6) is -0.277. The zero-order valence-electron chi connectivity index (χ0n) is 20.5. The lowest BCUT2D eigenvalue weighted by Crippen LogP contribution is -2.52. The van der Waals surface area contributed by atoms with Crippen LogP contribution in [0.2, 0.25) is 12.6 Å². The summed E-state index contributed by atoms with van der Waals surface area (Å²) in [6.07, 6.45) is 7.60. The number of carboxylic acid groups (broad SMARTS) is 1. The van der Waals surface area contributed by atoms with Gasteiger partial charge in [0.15, 0.2) is 5.71 Å². The van der Waals surface area contributed by atoms with Crippen molar-refractivity contribution in [3.05, 3.63) is 88.2 Å². The van der Waals surface area contributed by atoms with Gasteiger partial charge in [0.25, 0.3) is 0 Å². The predicted molar refractivity (Wildman–Crippen MR) is 146 cm³/mol. The summed E-state index contributed by atoms with van der Waals surface area (Å²) in [7, 11) is 6.06. The minimum Gasteiger partial charge on any atom is -0.478 e. The third kappa shape index (κ3) is 4.08. The zero-order chi connectivity index (χ0) is 24.6. The second kappa shape index (κ2) is 9.39. The fraction of sp³-hybridized carbons (Fsp3) is 0.286. The average molecular weight is 492 g/mol. The number of carbonyl (C=O) groups is 1. The summed E-state index contributed by atoms with van der Waals surface area (Å²) >= 11 is 6.22. The highest BCUT2D eigenvalue weighted by molar-refractivity contribution is 6.99. The lowest BCUT2D eigenvalue weighted by molar-refractivity contribution is -0.462.